The number of hydrogen-bond acceptors (Lipinski definition) is 37. The molecule has 15 rings (SSSR count). The van der Waals surface area contributed by atoms with Crippen LogP contribution in [-0.4, -0.2) is 311 Å². The molecule has 14 unspecified atom stereocenters. The Balaban J connectivity index is 0.457. The minimum Gasteiger partial charge on any atom is -0.471 e. The molecule has 0 bridgehead atoms. The number of imide groups is 1. The van der Waals surface area contributed by atoms with E-state index in [4.69, 9.17) is 102 Å². The van der Waals surface area contributed by atoms with Gasteiger partial charge in [-0.3, -0.25) is 38.7 Å². The number of benzene rings is 3. The van der Waals surface area contributed by atoms with Crippen LogP contribution in [0.1, 0.15) is 130 Å². The number of nitrogen functional groups attached to an aromatic ring is 3. The largest absolute Gasteiger partial charge is 0.471 e. The highest BCUT2D eigenvalue weighted by atomic mass is 32.2. The number of imidazole rings is 2. The second-order valence-electron chi connectivity index (χ2n) is 38.6. The number of aliphatic imine (C=N–C) groups is 1. The molecular formula is C105H146N18O24S. The van der Waals surface area contributed by atoms with Gasteiger partial charge in [-0.2, -0.15) is 24.9 Å². The molecule has 6 fully saturated rings. The Hall–Kier alpha value is -10.7. The van der Waals surface area contributed by atoms with Gasteiger partial charge in [0.15, 0.2) is 22.3 Å². The van der Waals surface area contributed by atoms with E-state index in [0.717, 1.165) is 122 Å². The molecule has 0 radical (unpaired) electrons. The summed E-state index contributed by atoms with van der Waals surface area (Å²) < 4.78 is 105. The molecule has 8 aromatic rings. The lowest BCUT2D eigenvalue weighted by molar-refractivity contribution is -0.413. The number of fused-ring (bicyclic) bond motifs is 13. The first-order chi connectivity index (χ1) is 72.4. The molecule has 43 heteroatoms. The Bertz CT molecular complexity index is 5310. The molecule has 2 aliphatic heterocycles. The lowest BCUT2D eigenvalue weighted by atomic mass is 9.16. The molecule has 0 spiro atoms. The number of likely N-dealkylation sites (tertiary alicyclic amines) is 1. The number of Topliss-reactive ketones (excluding diaryl/α,β-unsaturated/α-hetero) is 1. The fourth-order valence-corrected chi connectivity index (χ4v) is 22.4. The van der Waals surface area contributed by atoms with Gasteiger partial charge in [0.25, 0.3) is 0 Å². The number of thioether (sulfide) groups is 1. The van der Waals surface area contributed by atoms with E-state index in [2.05, 4.69) is 91.6 Å². The van der Waals surface area contributed by atoms with Crippen LogP contribution < -0.4 is 47.4 Å². The molecule has 5 amide bonds. The molecule has 806 valence electrons. The van der Waals surface area contributed by atoms with Gasteiger partial charge in [-0.15, -0.1) is 11.8 Å². The van der Waals surface area contributed by atoms with E-state index in [-0.39, 0.29) is 183 Å². The summed E-state index contributed by atoms with van der Waals surface area (Å²) in [5.74, 6) is 11.7. The minimum absolute atomic E-state index is 0.0000361. The summed E-state index contributed by atoms with van der Waals surface area (Å²) in [7, 11) is 0. The first kappa shape index (κ1) is 111. The highest BCUT2D eigenvalue weighted by molar-refractivity contribution is 8.00. The van der Waals surface area contributed by atoms with Crippen LogP contribution in [-0.2, 0) is 146 Å². The van der Waals surface area contributed by atoms with Gasteiger partial charge in [-0.05, 0) is 136 Å². The van der Waals surface area contributed by atoms with Gasteiger partial charge in [0.05, 0.1) is 215 Å². The molecule has 42 nitrogen and oxygen atoms in total. The number of aromatic amines is 2. The van der Waals surface area contributed by atoms with Gasteiger partial charge in [0.1, 0.15) is 36.8 Å². The minimum atomic E-state index is -1.37. The van der Waals surface area contributed by atoms with Crippen molar-refractivity contribution in [2.24, 2.45) is 76.0 Å². The van der Waals surface area contributed by atoms with Crippen molar-refractivity contribution < 1.29 is 114 Å². The van der Waals surface area contributed by atoms with Gasteiger partial charge < -0.3 is 128 Å². The lowest BCUT2D eigenvalue weighted by Crippen LogP contribution is -2.85. The van der Waals surface area contributed by atoms with Gasteiger partial charge in [0.2, 0.25) is 65.0 Å². The number of anilines is 3. The number of nitrogens with zero attached hydrogens (tertiary/aromatic N) is 10. The van der Waals surface area contributed by atoms with E-state index in [1.807, 2.05) is 72.8 Å². The molecular weight excluding hydrogens is 1930 g/mol. The van der Waals surface area contributed by atoms with E-state index in [1.54, 1.807) is 18.0 Å². The number of aromatic nitrogens is 10. The molecule has 148 heavy (non-hydrogen) atoms. The van der Waals surface area contributed by atoms with Crippen LogP contribution in [0.15, 0.2) is 90.4 Å². The van der Waals surface area contributed by atoms with Crippen molar-refractivity contribution in [1.82, 2.24) is 70.7 Å². The predicted octanol–water partition coefficient (Wildman–Crippen LogP) is 8.64. The van der Waals surface area contributed by atoms with Gasteiger partial charge >= 0.3 is 0 Å². The summed E-state index contributed by atoms with van der Waals surface area (Å²) in [4.78, 5) is 127. The summed E-state index contributed by atoms with van der Waals surface area (Å²) in [6.07, 6.45) is 8.98. The topological polar surface area (TPSA) is 533 Å². The summed E-state index contributed by atoms with van der Waals surface area (Å²) >= 11 is 1.65. The maximum absolute atomic E-state index is 14.3. The molecule has 3 aromatic carbocycles. The molecule has 14 atom stereocenters. The highest BCUT2D eigenvalue weighted by Gasteiger charge is 2.83. The Morgan fingerprint density at radius 2 is 0.804 bits per heavy atom. The fraction of sp³-hybridized carbons (Fsp3) is 0.629. The zero-order valence-corrected chi connectivity index (χ0v) is 86.0. The van der Waals surface area contributed by atoms with Crippen molar-refractivity contribution in [2.75, 3.05) is 221 Å². The third kappa shape index (κ3) is 32.4. The van der Waals surface area contributed by atoms with Crippen LogP contribution >= 0.6 is 11.8 Å². The van der Waals surface area contributed by atoms with E-state index in [9.17, 15) is 28.8 Å². The van der Waals surface area contributed by atoms with Gasteiger partial charge in [-0.25, -0.2) is 15.0 Å². The van der Waals surface area contributed by atoms with Crippen LogP contribution in [0, 0.1) is 71.0 Å². The maximum atomic E-state index is 14.3. The standard InChI is InChI=1S/C105H146N18O24S/c1-68-69(2)86-85(68)89-90(86)92-88-78(70(3)87(88)91(89)92)26-55-148-80-56-84(128)123(101(80)129)30-6-4-5-9-83(127)122-105(63-142-32-23-77(124)8-7-31-130-37-40-133-43-46-136-49-52-140-58-72-12-18-75(19-13-72)61-146-99-94-96(114-66-112-94)117-103(107)120-99,64-143-33-24-81(125)109-28-35-131-38-41-134-44-47-137-50-53-139-57-71-10-16-74(17-11-71)60-145-98-93-79(22-27-111-93)116-102(106)119-98)65-144-34-25-82(126)110-29-36-132-39-42-135-45-48-138-51-54-141-59-73-14-20-76(21-15-73)62-147-100-95-97(115-67-113-95)118-104(108)121-100/h10-21,27,66-70,78,80,85-92H,4-9,22-26,28-65H2,1-3H3,(H,109,125)(H,110,126)(H,122,127)(H2,106,116,119)(H3,107,112,114,117,120)(H3,108,113,115,118,121). The van der Waals surface area contributed by atoms with Crippen molar-refractivity contribution in [2.45, 2.75) is 148 Å². The SMILES string of the molecule is CC1C(C)C2C1C1C2C2C3C(CCSC4CC(=O)N(CCCCCC(=O)NC(COCCC(=O)CCCOCCOCCOCCOCc5ccc(COc6nc(N)nc7[nH]cnc67)cc5)(COCCC(=O)NCCOCCOCCOCCOCc5ccc(COc6nc(N)nc7c6N=CC7)cc5)COCCC(=O)NCCOCCOCCOCCOCc5ccc(COc6nc(N)nc7[nH]cnc67)cc5)C4=O)C(C)C3C12. The third-order valence-electron chi connectivity index (χ3n) is 28.7. The number of nitrogens with two attached hydrogens (primary N) is 3. The number of ketones is 1. The van der Waals surface area contributed by atoms with Crippen molar-refractivity contribution >= 4 is 99.2 Å². The summed E-state index contributed by atoms with van der Waals surface area (Å²) in [6, 6.07) is 23.6. The number of rotatable bonds is 78. The number of carbonyl (C=O) groups is 6. The third-order valence-corrected chi connectivity index (χ3v) is 30.0. The molecule has 11 N–H and O–H groups in total. The van der Waals surface area contributed by atoms with Crippen molar-refractivity contribution in [3.05, 3.63) is 125 Å². The van der Waals surface area contributed by atoms with E-state index >= 15 is 0 Å². The van der Waals surface area contributed by atoms with Crippen LogP contribution in [0.4, 0.5) is 23.5 Å². The van der Waals surface area contributed by atoms with E-state index in [1.165, 1.54) is 17.6 Å². The highest BCUT2D eigenvalue weighted by Crippen LogP contribution is 2.87. The lowest BCUT2D eigenvalue weighted by Gasteiger charge is -2.88. The smallest absolute Gasteiger partial charge is 0.247 e. The Labute approximate surface area is 866 Å². The van der Waals surface area contributed by atoms with Crippen molar-refractivity contribution in [3.8, 4) is 17.6 Å². The average Bonchev–Trinajstić information content (AvgIpc) is 0.881. The molecule has 1 saturated heterocycles. The number of H-pyrrole nitrogens is 2. The van der Waals surface area contributed by atoms with E-state index < -0.39 is 5.54 Å². The molecule has 5 aliphatic carbocycles. The molecule has 7 aliphatic rings. The van der Waals surface area contributed by atoms with Crippen LogP contribution in [0.25, 0.3) is 22.3 Å². The summed E-state index contributed by atoms with van der Waals surface area (Å²) in [5, 5.41) is 8.49. The normalized spacial score (nSPS) is 21.0. The monoisotopic (exact) mass is 2080 g/mol. The number of amides is 5. The Morgan fingerprint density at radius 1 is 0.405 bits per heavy atom. The van der Waals surface area contributed by atoms with Crippen LogP contribution in [0.3, 0.4) is 0 Å². The zero-order chi connectivity index (χ0) is 103. The summed E-state index contributed by atoms with van der Waals surface area (Å²) in [6.45, 7) is 16.9. The molecule has 7 heterocycles. The Kier molecular flexibility index (Phi) is 44.1. The van der Waals surface area contributed by atoms with Crippen molar-refractivity contribution in [3.63, 3.8) is 0 Å². The van der Waals surface area contributed by atoms with Gasteiger partial charge in [0, 0.05) is 77.4 Å². The first-order valence-electron chi connectivity index (χ1n) is 52.1. The van der Waals surface area contributed by atoms with E-state index in [0.29, 0.717) is 230 Å². The van der Waals surface area contributed by atoms with Gasteiger partial charge in [-0.1, -0.05) is 100.0 Å². The average molecular weight is 2080 g/mol. The number of nitrogens with one attached hydrogen (secondary N) is 5. The Morgan fingerprint density at radius 3 is 1.27 bits per heavy atom. The molecule has 5 aromatic heterocycles. The quantitative estimate of drug-likeness (QED) is 0.0100. The molecule has 5 saturated carbocycles. The number of ether oxygens (including phenoxy) is 18. The number of hydrogen-bond donors (Lipinski definition) is 8. The fourth-order valence-electron chi connectivity index (χ4n) is 21.2. The first-order valence-corrected chi connectivity index (χ1v) is 53.2. The van der Waals surface area contributed by atoms with Crippen LogP contribution in [0.5, 0.6) is 17.6 Å². The second-order valence-corrected chi connectivity index (χ2v) is 40.0. The number of unbranched alkanes of at least 4 members (excludes halogenated alkanes) is 2. The predicted molar refractivity (Wildman–Crippen MR) is 546 cm³/mol. The van der Waals surface area contributed by atoms with Crippen molar-refractivity contribution in [1.29, 1.82) is 0 Å². The number of carbonyl (C=O) groups excluding carboxylic acids is 6. The zero-order valence-electron chi connectivity index (χ0n) is 85.2. The second kappa shape index (κ2) is 58.6. The van der Waals surface area contributed by atoms with Crippen LogP contribution in [0.2, 0.25) is 0 Å². The maximum Gasteiger partial charge on any atom is 0.247 e. The summed E-state index contributed by atoms with van der Waals surface area (Å²) in [5.41, 5.74) is 25.3.